The Hall–Kier alpha value is -2.66. The van der Waals surface area contributed by atoms with Crippen molar-refractivity contribution in [1.82, 2.24) is 5.32 Å². The number of dihydropyridines is 1. The second kappa shape index (κ2) is 7.99. The Morgan fingerprint density at radius 1 is 1.03 bits per heavy atom. The minimum Gasteiger partial charge on any atom is -0.466 e. The lowest BCUT2D eigenvalue weighted by Crippen LogP contribution is -2.36. The molecule has 1 N–H and O–H groups in total. The first-order chi connectivity index (χ1) is 14.0. The van der Waals surface area contributed by atoms with Gasteiger partial charge in [0.25, 0.3) is 0 Å². The Kier molecular flexibility index (Phi) is 5.41. The first kappa shape index (κ1) is 19.6. The van der Waals surface area contributed by atoms with E-state index in [2.05, 4.69) is 33.4 Å². The van der Waals surface area contributed by atoms with Gasteiger partial charge in [0.15, 0.2) is 5.78 Å². The van der Waals surface area contributed by atoms with E-state index in [0.717, 1.165) is 33.4 Å². The Labute approximate surface area is 178 Å². The number of benzene rings is 2. The third-order valence-corrected chi connectivity index (χ3v) is 6.24. The monoisotopic (exact) mass is 451 g/mol. The van der Waals surface area contributed by atoms with Crippen molar-refractivity contribution in [2.45, 2.75) is 31.6 Å². The molecule has 0 radical (unpaired) electrons. The number of carbonyl (C=O) groups is 2. The molecule has 2 atom stereocenters. The van der Waals surface area contributed by atoms with Crippen LogP contribution in [0.1, 0.15) is 42.7 Å². The van der Waals surface area contributed by atoms with Crippen molar-refractivity contribution in [3.05, 3.63) is 92.7 Å². The zero-order valence-corrected chi connectivity index (χ0v) is 18.0. The van der Waals surface area contributed by atoms with Crippen LogP contribution in [0, 0.1) is 0 Å². The van der Waals surface area contributed by atoms with E-state index >= 15 is 0 Å². The van der Waals surface area contributed by atoms with Gasteiger partial charge in [0, 0.05) is 33.8 Å². The molecule has 0 bridgehead atoms. The number of ketones is 1. The van der Waals surface area contributed by atoms with Crippen LogP contribution in [-0.4, -0.2) is 18.9 Å². The van der Waals surface area contributed by atoms with E-state index in [-0.39, 0.29) is 11.7 Å². The Morgan fingerprint density at radius 3 is 2.38 bits per heavy atom. The molecule has 2 aliphatic rings. The first-order valence-corrected chi connectivity index (χ1v) is 10.4. The van der Waals surface area contributed by atoms with Crippen LogP contribution in [0.4, 0.5) is 0 Å². The molecule has 29 heavy (non-hydrogen) atoms. The molecule has 0 fully saturated rings. The predicted octanol–water partition coefficient (Wildman–Crippen LogP) is 4.98. The summed E-state index contributed by atoms with van der Waals surface area (Å²) in [4.78, 5) is 26.0. The number of Topliss-reactive ketones (excluding diaryl/α,β-unsaturated/α-hetero) is 1. The molecule has 2 aromatic carbocycles. The molecule has 1 aliphatic heterocycles. The van der Waals surface area contributed by atoms with Crippen molar-refractivity contribution in [2.24, 2.45) is 0 Å². The van der Waals surface area contributed by atoms with Gasteiger partial charge in [-0.15, -0.1) is 0 Å². The molecular formula is C24H22BrNO3. The SMILES string of the molecule is COC(=O)C1=C(C)NC2=C(C(=O)C[C@@H](c3ccccc3)C2)[C@@H]1c1ccc(Br)cc1. The fourth-order valence-electron chi connectivity index (χ4n) is 4.37. The molecule has 1 aliphatic carbocycles. The molecule has 148 valence electrons. The molecule has 0 unspecified atom stereocenters. The first-order valence-electron chi connectivity index (χ1n) is 9.62. The lowest BCUT2D eigenvalue weighted by molar-refractivity contribution is -0.136. The minimum absolute atomic E-state index is 0.0782. The van der Waals surface area contributed by atoms with Gasteiger partial charge in [-0.2, -0.15) is 0 Å². The summed E-state index contributed by atoms with van der Waals surface area (Å²) in [6, 6.07) is 17.9. The summed E-state index contributed by atoms with van der Waals surface area (Å²) in [6.07, 6.45) is 1.18. The Morgan fingerprint density at radius 2 is 1.72 bits per heavy atom. The van der Waals surface area contributed by atoms with Gasteiger partial charge in [-0.05, 0) is 42.5 Å². The highest BCUT2D eigenvalue weighted by Crippen LogP contribution is 2.45. The molecular weight excluding hydrogens is 430 g/mol. The third-order valence-electron chi connectivity index (χ3n) is 5.71. The van der Waals surface area contributed by atoms with Crippen molar-refractivity contribution in [3.63, 3.8) is 0 Å². The number of allylic oxidation sites excluding steroid dienone is 3. The van der Waals surface area contributed by atoms with Gasteiger partial charge < -0.3 is 10.1 Å². The van der Waals surface area contributed by atoms with Gasteiger partial charge in [-0.3, -0.25) is 4.79 Å². The smallest absolute Gasteiger partial charge is 0.336 e. The number of esters is 1. The molecule has 5 heteroatoms. The summed E-state index contributed by atoms with van der Waals surface area (Å²) in [7, 11) is 1.37. The summed E-state index contributed by atoms with van der Waals surface area (Å²) in [5, 5.41) is 3.35. The van der Waals surface area contributed by atoms with Crippen LogP contribution in [-0.2, 0) is 14.3 Å². The van der Waals surface area contributed by atoms with Crippen LogP contribution in [0.3, 0.4) is 0 Å². The molecule has 1 heterocycles. The zero-order valence-electron chi connectivity index (χ0n) is 16.4. The molecule has 0 amide bonds. The molecule has 4 nitrogen and oxygen atoms in total. The van der Waals surface area contributed by atoms with Crippen molar-refractivity contribution >= 4 is 27.7 Å². The van der Waals surface area contributed by atoms with Crippen LogP contribution in [0.15, 0.2) is 81.6 Å². The van der Waals surface area contributed by atoms with Crippen LogP contribution in [0.2, 0.25) is 0 Å². The van der Waals surface area contributed by atoms with E-state index < -0.39 is 11.9 Å². The maximum absolute atomic E-state index is 13.3. The summed E-state index contributed by atoms with van der Waals surface area (Å²) >= 11 is 3.46. The van der Waals surface area contributed by atoms with E-state index in [9.17, 15) is 9.59 Å². The largest absolute Gasteiger partial charge is 0.466 e. The summed E-state index contributed by atoms with van der Waals surface area (Å²) < 4.78 is 6.01. The van der Waals surface area contributed by atoms with Crippen LogP contribution < -0.4 is 5.32 Å². The third kappa shape index (κ3) is 3.67. The van der Waals surface area contributed by atoms with Crippen molar-refractivity contribution in [2.75, 3.05) is 7.11 Å². The highest BCUT2D eigenvalue weighted by molar-refractivity contribution is 9.10. The predicted molar refractivity (Wildman–Crippen MR) is 115 cm³/mol. The summed E-state index contributed by atoms with van der Waals surface area (Å²) in [5.74, 6) is -0.620. The maximum Gasteiger partial charge on any atom is 0.336 e. The van der Waals surface area contributed by atoms with Gasteiger partial charge >= 0.3 is 5.97 Å². The standard InChI is InChI=1S/C24H22BrNO3/c1-14-21(24(28)29-2)22(16-8-10-18(25)11-9-16)23-19(26-14)12-17(13-20(23)27)15-6-4-3-5-7-15/h3-11,17,22,26H,12-13H2,1-2H3/t17-,22+/m0/s1. The topological polar surface area (TPSA) is 55.4 Å². The van der Waals surface area contributed by atoms with E-state index in [1.54, 1.807) is 0 Å². The number of carbonyl (C=O) groups excluding carboxylic acids is 2. The number of nitrogens with one attached hydrogen (secondary N) is 1. The molecule has 0 saturated carbocycles. The molecule has 4 rings (SSSR count). The Balaban J connectivity index is 1.81. The fourth-order valence-corrected chi connectivity index (χ4v) is 4.63. The highest BCUT2D eigenvalue weighted by atomic mass is 79.9. The Bertz CT molecular complexity index is 1020. The number of methoxy groups -OCH3 is 1. The quantitative estimate of drug-likeness (QED) is 0.668. The van der Waals surface area contributed by atoms with Crippen molar-refractivity contribution in [1.29, 1.82) is 0 Å². The number of halogens is 1. The average molecular weight is 452 g/mol. The van der Waals surface area contributed by atoms with E-state index in [1.165, 1.54) is 7.11 Å². The fraction of sp³-hybridized carbons (Fsp3) is 0.250. The van der Waals surface area contributed by atoms with E-state index in [0.29, 0.717) is 17.6 Å². The average Bonchev–Trinajstić information content (AvgIpc) is 2.73. The number of hydrogen-bond acceptors (Lipinski definition) is 4. The number of rotatable bonds is 3. The van der Waals surface area contributed by atoms with Crippen LogP contribution in [0.25, 0.3) is 0 Å². The molecule has 0 saturated heterocycles. The van der Waals surface area contributed by atoms with E-state index in [1.807, 2.05) is 49.4 Å². The number of ether oxygens (including phenoxy) is 1. The molecule has 0 spiro atoms. The van der Waals surface area contributed by atoms with E-state index in [4.69, 9.17) is 4.74 Å². The number of hydrogen-bond donors (Lipinski definition) is 1. The van der Waals surface area contributed by atoms with Gasteiger partial charge in [0.05, 0.1) is 12.7 Å². The van der Waals surface area contributed by atoms with Gasteiger partial charge in [-0.1, -0.05) is 58.4 Å². The minimum atomic E-state index is -0.420. The molecule has 2 aromatic rings. The normalized spacial score (nSPS) is 21.6. The zero-order chi connectivity index (χ0) is 20.5. The van der Waals surface area contributed by atoms with Gasteiger partial charge in [-0.25, -0.2) is 4.79 Å². The highest BCUT2D eigenvalue weighted by Gasteiger charge is 2.41. The summed E-state index contributed by atoms with van der Waals surface area (Å²) in [5.41, 5.74) is 4.91. The second-order valence-electron chi connectivity index (χ2n) is 7.47. The molecule has 0 aromatic heterocycles. The van der Waals surface area contributed by atoms with Crippen molar-refractivity contribution in [3.8, 4) is 0 Å². The summed E-state index contributed by atoms with van der Waals surface area (Å²) in [6.45, 7) is 1.87. The van der Waals surface area contributed by atoms with Gasteiger partial charge in [0.1, 0.15) is 0 Å². The lowest BCUT2D eigenvalue weighted by Gasteiger charge is -2.36. The second-order valence-corrected chi connectivity index (χ2v) is 8.39. The van der Waals surface area contributed by atoms with Crippen LogP contribution >= 0.6 is 15.9 Å². The van der Waals surface area contributed by atoms with Crippen LogP contribution in [0.5, 0.6) is 0 Å². The lowest BCUT2D eigenvalue weighted by atomic mass is 9.72. The van der Waals surface area contributed by atoms with Crippen molar-refractivity contribution < 1.29 is 14.3 Å². The maximum atomic E-state index is 13.3. The van der Waals surface area contributed by atoms with Gasteiger partial charge in [0.2, 0.25) is 0 Å².